The third kappa shape index (κ3) is 6.25. The van der Waals surface area contributed by atoms with Crippen molar-refractivity contribution < 1.29 is 24.5 Å². The fourth-order valence-electron chi connectivity index (χ4n) is 2.39. The Morgan fingerprint density at radius 3 is 2.17 bits per heavy atom. The van der Waals surface area contributed by atoms with E-state index < -0.39 is 11.9 Å². The second-order valence-corrected chi connectivity index (χ2v) is 6.28. The number of imidazole rings is 1. The van der Waals surface area contributed by atoms with E-state index in [1.54, 1.807) is 7.11 Å². The first kappa shape index (κ1) is 21.8. The Morgan fingerprint density at radius 2 is 1.66 bits per heavy atom. The average molecular weight is 418 g/mol. The van der Waals surface area contributed by atoms with Crippen LogP contribution in [-0.2, 0) is 23.2 Å². The van der Waals surface area contributed by atoms with Gasteiger partial charge in [0.15, 0.2) is 0 Å². The molecule has 152 valence electrons. The molecule has 0 radical (unpaired) electrons. The Morgan fingerprint density at radius 1 is 1.07 bits per heavy atom. The van der Waals surface area contributed by atoms with Crippen LogP contribution in [0, 0.1) is 0 Å². The molecule has 0 aliphatic heterocycles. The van der Waals surface area contributed by atoms with E-state index in [1.165, 1.54) is 0 Å². The number of anilines is 1. The number of aromatic nitrogens is 2. The molecule has 3 aromatic rings. The predicted octanol–water partition coefficient (Wildman–Crippen LogP) is 3.52. The summed E-state index contributed by atoms with van der Waals surface area (Å²) in [6, 6.07) is 15.7. The van der Waals surface area contributed by atoms with Gasteiger partial charge >= 0.3 is 11.9 Å². The molecule has 0 saturated carbocycles. The van der Waals surface area contributed by atoms with Crippen molar-refractivity contribution in [1.82, 2.24) is 9.55 Å². The van der Waals surface area contributed by atoms with Crippen LogP contribution in [0.1, 0.15) is 5.56 Å². The van der Waals surface area contributed by atoms with E-state index in [1.807, 2.05) is 66.3 Å². The van der Waals surface area contributed by atoms with Crippen molar-refractivity contribution in [2.24, 2.45) is 7.05 Å². The van der Waals surface area contributed by atoms with Gasteiger partial charge in [0, 0.05) is 24.2 Å². The summed E-state index contributed by atoms with van der Waals surface area (Å²) in [6.07, 6.45) is 1.87. The molecule has 0 atom stereocenters. The van der Waals surface area contributed by atoms with Gasteiger partial charge in [-0.15, -0.1) is 0 Å². The van der Waals surface area contributed by atoms with E-state index in [4.69, 9.17) is 36.1 Å². The van der Waals surface area contributed by atoms with E-state index >= 15 is 0 Å². The molecule has 0 amide bonds. The molecule has 0 aliphatic carbocycles. The molecule has 9 heteroatoms. The fraction of sp³-hybridized carbons (Fsp3) is 0.150. The minimum atomic E-state index is -1.82. The van der Waals surface area contributed by atoms with Crippen molar-refractivity contribution in [1.29, 1.82) is 0 Å². The molecular weight excluding hydrogens is 398 g/mol. The summed E-state index contributed by atoms with van der Waals surface area (Å²) in [5.41, 5.74) is 3.30. The molecule has 0 aliphatic rings. The highest BCUT2D eigenvalue weighted by molar-refractivity contribution is 6.30. The highest BCUT2D eigenvalue weighted by Gasteiger charge is 2.08. The Kier molecular flexibility index (Phi) is 7.62. The normalized spacial score (nSPS) is 9.90. The number of ether oxygens (including phenoxy) is 1. The smallest absolute Gasteiger partial charge is 0.414 e. The van der Waals surface area contributed by atoms with E-state index in [0.717, 1.165) is 33.5 Å². The van der Waals surface area contributed by atoms with Gasteiger partial charge in [-0.2, -0.15) is 0 Å². The van der Waals surface area contributed by atoms with E-state index in [2.05, 4.69) is 10.3 Å². The number of carboxylic acid groups (broad SMARTS) is 2. The van der Waals surface area contributed by atoms with Gasteiger partial charge in [-0.3, -0.25) is 0 Å². The maximum absolute atomic E-state index is 9.10. The summed E-state index contributed by atoms with van der Waals surface area (Å²) in [6.45, 7) is 0.698. The van der Waals surface area contributed by atoms with Gasteiger partial charge in [0.1, 0.15) is 5.75 Å². The number of aliphatic carboxylic acids is 2. The average Bonchev–Trinajstić information content (AvgIpc) is 3.08. The maximum Gasteiger partial charge on any atom is 0.414 e. The lowest BCUT2D eigenvalue weighted by atomic mass is 10.1. The van der Waals surface area contributed by atoms with Crippen molar-refractivity contribution in [3.8, 4) is 17.0 Å². The molecule has 29 heavy (non-hydrogen) atoms. The van der Waals surface area contributed by atoms with Crippen molar-refractivity contribution >= 4 is 29.5 Å². The first-order valence-corrected chi connectivity index (χ1v) is 8.80. The van der Waals surface area contributed by atoms with Crippen molar-refractivity contribution in [2.45, 2.75) is 6.54 Å². The Balaban J connectivity index is 0.000000438. The van der Waals surface area contributed by atoms with Gasteiger partial charge in [0.2, 0.25) is 5.95 Å². The molecule has 1 heterocycles. The predicted molar refractivity (Wildman–Crippen MR) is 109 cm³/mol. The molecule has 2 aromatic carbocycles. The van der Waals surface area contributed by atoms with E-state index in [-0.39, 0.29) is 0 Å². The van der Waals surface area contributed by atoms with Gasteiger partial charge in [-0.1, -0.05) is 23.7 Å². The Hall–Kier alpha value is -3.52. The van der Waals surface area contributed by atoms with Crippen LogP contribution in [0.2, 0.25) is 5.02 Å². The number of nitrogens with one attached hydrogen (secondary N) is 1. The molecule has 0 fully saturated rings. The number of halogens is 1. The topological polar surface area (TPSA) is 114 Å². The van der Waals surface area contributed by atoms with Crippen LogP contribution in [-0.4, -0.2) is 38.8 Å². The largest absolute Gasteiger partial charge is 0.497 e. The number of benzene rings is 2. The van der Waals surface area contributed by atoms with Gasteiger partial charge in [0.25, 0.3) is 0 Å². The van der Waals surface area contributed by atoms with E-state index in [0.29, 0.717) is 6.54 Å². The maximum atomic E-state index is 9.10. The van der Waals surface area contributed by atoms with Crippen LogP contribution in [0.4, 0.5) is 5.95 Å². The molecule has 1 aromatic heterocycles. The lowest BCUT2D eigenvalue weighted by Crippen LogP contribution is -2.09. The summed E-state index contributed by atoms with van der Waals surface area (Å²) in [4.78, 5) is 22.7. The second-order valence-electron chi connectivity index (χ2n) is 5.84. The lowest BCUT2D eigenvalue weighted by molar-refractivity contribution is -0.159. The summed E-state index contributed by atoms with van der Waals surface area (Å²) < 4.78 is 7.23. The highest BCUT2D eigenvalue weighted by atomic mass is 35.5. The molecule has 0 spiro atoms. The molecule has 3 rings (SSSR count). The first-order valence-electron chi connectivity index (χ1n) is 8.42. The van der Waals surface area contributed by atoms with Crippen molar-refractivity contribution in [3.63, 3.8) is 0 Å². The van der Waals surface area contributed by atoms with Crippen LogP contribution >= 0.6 is 11.6 Å². The second kappa shape index (κ2) is 10.1. The molecule has 0 bridgehead atoms. The molecule has 3 N–H and O–H groups in total. The third-order valence-corrected chi connectivity index (χ3v) is 4.17. The number of nitrogens with zero attached hydrogens (tertiary/aromatic N) is 2. The number of methoxy groups -OCH3 is 1. The molecular formula is C20H20ClN3O5. The minimum absolute atomic E-state index is 0.698. The molecule has 0 unspecified atom stereocenters. The number of carboxylic acids is 2. The Labute approximate surface area is 172 Å². The van der Waals surface area contributed by atoms with Crippen LogP contribution < -0.4 is 10.1 Å². The molecule has 0 saturated heterocycles. The lowest BCUT2D eigenvalue weighted by Gasteiger charge is -2.09. The van der Waals surface area contributed by atoms with Gasteiger partial charge < -0.3 is 24.8 Å². The zero-order valence-corrected chi connectivity index (χ0v) is 16.6. The van der Waals surface area contributed by atoms with Gasteiger partial charge in [0.05, 0.1) is 19.0 Å². The quantitative estimate of drug-likeness (QED) is 0.544. The number of hydrogen-bond donors (Lipinski definition) is 3. The molecule has 8 nitrogen and oxygen atoms in total. The minimum Gasteiger partial charge on any atom is -0.497 e. The number of carbonyl (C=O) groups is 2. The number of hydrogen-bond acceptors (Lipinski definition) is 5. The standard InChI is InChI=1S/C18H18ClN3O.C2H2O4/c1-22-17(14-5-9-16(23-2)10-6-14)12-21-18(22)20-11-13-3-7-15(19)8-4-13;3-1(4)2(5)6/h3-10,12H,11H2,1-2H3,(H,20,21);(H,3,4)(H,5,6). The summed E-state index contributed by atoms with van der Waals surface area (Å²) in [5.74, 6) is -1.98. The van der Waals surface area contributed by atoms with Gasteiger partial charge in [-0.25, -0.2) is 14.6 Å². The van der Waals surface area contributed by atoms with Crippen molar-refractivity contribution in [2.75, 3.05) is 12.4 Å². The summed E-state index contributed by atoms with van der Waals surface area (Å²) >= 11 is 5.90. The monoisotopic (exact) mass is 417 g/mol. The van der Waals surface area contributed by atoms with Crippen molar-refractivity contribution in [3.05, 3.63) is 65.3 Å². The summed E-state index contributed by atoms with van der Waals surface area (Å²) in [7, 11) is 3.66. The van der Waals surface area contributed by atoms with Crippen LogP contribution in [0.25, 0.3) is 11.3 Å². The third-order valence-electron chi connectivity index (χ3n) is 3.92. The first-order chi connectivity index (χ1) is 13.8. The SMILES string of the molecule is COc1ccc(-c2cnc(NCc3ccc(Cl)cc3)n2C)cc1.O=C(O)C(=O)O. The van der Waals surface area contributed by atoms with Crippen LogP contribution in [0.15, 0.2) is 54.7 Å². The fourth-order valence-corrected chi connectivity index (χ4v) is 2.51. The van der Waals surface area contributed by atoms with Gasteiger partial charge in [-0.05, 0) is 42.0 Å². The zero-order valence-electron chi connectivity index (χ0n) is 15.8. The highest BCUT2D eigenvalue weighted by Crippen LogP contribution is 2.24. The van der Waals surface area contributed by atoms with E-state index in [9.17, 15) is 0 Å². The van der Waals surface area contributed by atoms with Crippen LogP contribution in [0.3, 0.4) is 0 Å². The zero-order chi connectivity index (χ0) is 21.4. The number of rotatable bonds is 5. The van der Waals surface area contributed by atoms with Crippen LogP contribution in [0.5, 0.6) is 5.75 Å². The Bertz CT molecular complexity index is 957. The summed E-state index contributed by atoms with van der Waals surface area (Å²) in [5, 5.41) is 18.9.